The minimum absolute atomic E-state index is 0.774. The molecule has 3 rings (SSSR count). The van der Waals surface area contributed by atoms with Crippen molar-refractivity contribution in [2.45, 2.75) is 26.9 Å². The zero-order valence-corrected chi connectivity index (χ0v) is 13.1. The average Bonchev–Trinajstić information content (AvgIpc) is 2.89. The summed E-state index contributed by atoms with van der Waals surface area (Å²) in [6, 6.07) is 7.93. The number of hydrogen-bond donors (Lipinski definition) is 1. The lowest BCUT2D eigenvalue weighted by Crippen LogP contribution is -2.14. The molecule has 0 radical (unpaired) electrons. The molecule has 0 unspecified atom stereocenters. The highest BCUT2D eigenvalue weighted by atomic mass is 35.5. The fraction of sp³-hybridized carbons (Fsp3) is 0.267. The van der Waals surface area contributed by atoms with Crippen LogP contribution in [-0.4, -0.2) is 9.38 Å². The van der Waals surface area contributed by atoms with Gasteiger partial charge in [-0.05, 0) is 31.5 Å². The highest BCUT2D eigenvalue weighted by Crippen LogP contribution is 2.20. The van der Waals surface area contributed by atoms with E-state index in [0.717, 1.165) is 28.8 Å². The predicted octanol–water partition coefficient (Wildman–Crippen LogP) is 3.96. The van der Waals surface area contributed by atoms with E-state index >= 15 is 0 Å². The number of imidazole rings is 1. The number of aryl methyl sites for hydroxylation is 2. The van der Waals surface area contributed by atoms with E-state index in [9.17, 15) is 0 Å². The third-order valence-corrected chi connectivity index (χ3v) is 4.43. The third kappa shape index (κ3) is 2.73. The maximum absolute atomic E-state index is 5.88. The van der Waals surface area contributed by atoms with Crippen molar-refractivity contribution >= 4 is 27.9 Å². The summed E-state index contributed by atoms with van der Waals surface area (Å²) in [5.74, 6) is 0. The standard InChI is InChI=1S/C15H16ClN3S/c1-10-9-19-14(11(2)18-15(19)20-10)8-17-7-12-3-5-13(16)6-4-12/h3-6,9,17H,7-8H2,1-2H3. The lowest BCUT2D eigenvalue weighted by Gasteiger charge is -2.05. The quantitative estimate of drug-likeness (QED) is 0.790. The number of halogens is 1. The van der Waals surface area contributed by atoms with E-state index in [1.165, 1.54) is 16.1 Å². The third-order valence-electron chi connectivity index (χ3n) is 3.28. The van der Waals surface area contributed by atoms with Gasteiger partial charge in [-0.2, -0.15) is 0 Å². The molecule has 2 aromatic heterocycles. The highest BCUT2D eigenvalue weighted by Gasteiger charge is 2.10. The van der Waals surface area contributed by atoms with Gasteiger partial charge in [0.1, 0.15) is 0 Å². The molecule has 3 aromatic rings. The lowest BCUT2D eigenvalue weighted by molar-refractivity contribution is 0.672. The van der Waals surface area contributed by atoms with Gasteiger partial charge in [-0.3, -0.25) is 4.40 Å². The molecule has 0 amide bonds. The number of fused-ring (bicyclic) bond motifs is 1. The first-order valence-electron chi connectivity index (χ1n) is 6.52. The molecule has 3 nitrogen and oxygen atoms in total. The summed E-state index contributed by atoms with van der Waals surface area (Å²) in [7, 11) is 0. The summed E-state index contributed by atoms with van der Waals surface area (Å²) < 4.78 is 2.18. The van der Waals surface area contributed by atoms with Crippen molar-refractivity contribution in [1.29, 1.82) is 0 Å². The van der Waals surface area contributed by atoms with Gasteiger partial charge in [0.25, 0.3) is 0 Å². The molecule has 1 aromatic carbocycles. The first kappa shape index (κ1) is 13.6. The largest absolute Gasteiger partial charge is 0.307 e. The van der Waals surface area contributed by atoms with Gasteiger partial charge in [-0.15, -0.1) is 11.3 Å². The Kier molecular flexibility index (Phi) is 3.78. The molecular formula is C15H16ClN3S. The van der Waals surface area contributed by atoms with Crippen LogP contribution in [0.1, 0.15) is 21.8 Å². The molecule has 20 heavy (non-hydrogen) atoms. The Bertz CT molecular complexity index is 727. The molecule has 1 N–H and O–H groups in total. The number of nitrogens with one attached hydrogen (secondary N) is 1. The summed E-state index contributed by atoms with van der Waals surface area (Å²) in [4.78, 5) is 6.95. The molecule has 2 heterocycles. The average molecular weight is 306 g/mol. The number of nitrogens with zero attached hydrogens (tertiary/aromatic N) is 2. The Morgan fingerprint density at radius 1 is 1.20 bits per heavy atom. The Morgan fingerprint density at radius 2 is 1.95 bits per heavy atom. The number of hydrogen-bond acceptors (Lipinski definition) is 3. The SMILES string of the molecule is Cc1cn2c(CNCc3ccc(Cl)cc3)c(C)nc2s1. The van der Waals surface area contributed by atoms with Crippen molar-refractivity contribution in [3.05, 3.63) is 57.3 Å². The summed E-state index contributed by atoms with van der Waals surface area (Å²) in [5, 5.41) is 4.24. The van der Waals surface area contributed by atoms with Gasteiger partial charge in [0, 0.05) is 29.2 Å². The van der Waals surface area contributed by atoms with E-state index < -0.39 is 0 Å². The number of rotatable bonds is 4. The smallest absolute Gasteiger partial charge is 0.194 e. The summed E-state index contributed by atoms with van der Waals surface area (Å²) in [6.07, 6.45) is 2.15. The first-order chi connectivity index (χ1) is 9.63. The predicted molar refractivity (Wildman–Crippen MR) is 84.5 cm³/mol. The van der Waals surface area contributed by atoms with Gasteiger partial charge < -0.3 is 5.32 Å². The molecule has 0 aliphatic carbocycles. The number of thiazole rings is 1. The molecule has 104 valence electrons. The van der Waals surface area contributed by atoms with Crippen LogP contribution >= 0.6 is 22.9 Å². The number of benzene rings is 1. The maximum Gasteiger partial charge on any atom is 0.194 e. The van der Waals surface area contributed by atoms with Gasteiger partial charge in [-0.25, -0.2) is 4.98 Å². The van der Waals surface area contributed by atoms with Crippen LogP contribution in [0, 0.1) is 13.8 Å². The molecule has 0 saturated carbocycles. The van der Waals surface area contributed by atoms with Crippen molar-refractivity contribution in [1.82, 2.24) is 14.7 Å². The van der Waals surface area contributed by atoms with E-state index in [2.05, 4.69) is 34.7 Å². The Labute approximate surface area is 127 Å². The second kappa shape index (κ2) is 5.56. The Morgan fingerprint density at radius 3 is 2.70 bits per heavy atom. The molecule has 5 heteroatoms. The molecule has 0 aliphatic heterocycles. The van der Waals surface area contributed by atoms with E-state index in [1.807, 2.05) is 24.3 Å². The van der Waals surface area contributed by atoms with Crippen LogP contribution in [-0.2, 0) is 13.1 Å². The monoisotopic (exact) mass is 305 g/mol. The zero-order valence-electron chi connectivity index (χ0n) is 11.5. The van der Waals surface area contributed by atoms with Crippen molar-refractivity contribution in [3.63, 3.8) is 0 Å². The van der Waals surface area contributed by atoms with E-state index in [0.29, 0.717) is 0 Å². The minimum Gasteiger partial charge on any atom is -0.307 e. The van der Waals surface area contributed by atoms with Gasteiger partial charge in [0.2, 0.25) is 0 Å². The van der Waals surface area contributed by atoms with Gasteiger partial charge in [0.05, 0.1) is 11.4 Å². The Hall–Kier alpha value is -1.36. The Balaban J connectivity index is 1.70. The van der Waals surface area contributed by atoms with E-state index in [4.69, 9.17) is 11.6 Å². The van der Waals surface area contributed by atoms with Gasteiger partial charge in [0.15, 0.2) is 4.96 Å². The lowest BCUT2D eigenvalue weighted by atomic mass is 10.2. The van der Waals surface area contributed by atoms with Gasteiger partial charge >= 0.3 is 0 Å². The molecule has 0 atom stereocenters. The van der Waals surface area contributed by atoms with Crippen LogP contribution in [0.5, 0.6) is 0 Å². The second-order valence-electron chi connectivity index (χ2n) is 4.87. The summed E-state index contributed by atoms with van der Waals surface area (Å²) in [6.45, 7) is 5.81. The van der Waals surface area contributed by atoms with Crippen molar-refractivity contribution < 1.29 is 0 Å². The molecular weight excluding hydrogens is 290 g/mol. The normalized spacial score (nSPS) is 11.3. The highest BCUT2D eigenvalue weighted by molar-refractivity contribution is 7.17. The van der Waals surface area contributed by atoms with Crippen LogP contribution < -0.4 is 5.32 Å². The van der Waals surface area contributed by atoms with Crippen LogP contribution in [0.2, 0.25) is 5.02 Å². The topological polar surface area (TPSA) is 29.3 Å². The fourth-order valence-corrected chi connectivity index (χ4v) is 3.27. The minimum atomic E-state index is 0.774. The van der Waals surface area contributed by atoms with E-state index in [-0.39, 0.29) is 0 Å². The zero-order chi connectivity index (χ0) is 14.1. The molecule has 0 saturated heterocycles. The first-order valence-corrected chi connectivity index (χ1v) is 7.72. The summed E-state index contributed by atoms with van der Waals surface area (Å²) in [5.41, 5.74) is 3.56. The van der Waals surface area contributed by atoms with Crippen LogP contribution in [0.4, 0.5) is 0 Å². The van der Waals surface area contributed by atoms with E-state index in [1.54, 1.807) is 11.3 Å². The van der Waals surface area contributed by atoms with Crippen LogP contribution in [0.3, 0.4) is 0 Å². The van der Waals surface area contributed by atoms with Gasteiger partial charge in [-0.1, -0.05) is 23.7 Å². The second-order valence-corrected chi connectivity index (χ2v) is 6.52. The van der Waals surface area contributed by atoms with Crippen LogP contribution in [0.15, 0.2) is 30.5 Å². The number of aromatic nitrogens is 2. The summed E-state index contributed by atoms with van der Waals surface area (Å²) >= 11 is 7.61. The van der Waals surface area contributed by atoms with Crippen molar-refractivity contribution in [2.75, 3.05) is 0 Å². The molecule has 0 fully saturated rings. The van der Waals surface area contributed by atoms with Crippen molar-refractivity contribution in [3.8, 4) is 0 Å². The molecule has 0 spiro atoms. The fourth-order valence-electron chi connectivity index (χ4n) is 2.25. The van der Waals surface area contributed by atoms with Crippen LogP contribution in [0.25, 0.3) is 4.96 Å². The maximum atomic E-state index is 5.88. The molecule has 0 aliphatic rings. The van der Waals surface area contributed by atoms with Crippen molar-refractivity contribution in [2.24, 2.45) is 0 Å². The molecule has 0 bridgehead atoms.